The van der Waals surface area contributed by atoms with E-state index in [1.54, 1.807) is 5.32 Å². The minimum atomic E-state index is -5.00. The van der Waals surface area contributed by atoms with Crippen LogP contribution in [0.25, 0.3) is 11.3 Å². The van der Waals surface area contributed by atoms with Crippen molar-refractivity contribution in [2.24, 2.45) is 0 Å². The Morgan fingerprint density at radius 1 is 1.25 bits per heavy atom. The number of aromatic nitrogens is 1. The van der Waals surface area contributed by atoms with Gasteiger partial charge in [0.05, 0.1) is 11.3 Å². The Kier molecular flexibility index (Phi) is 3.77. The number of thiazole rings is 1. The van der Waals surface area contributed by atoms with E-state index in [4.69, 9.17) is 5.11 Å². The molecule has 0 saturated heterocycles. The first-order chi connectivity index (χ1) is 9.29. The third kappa shape index (κ3) is 2.96. The molecular weight excluding hydrogens is 317 g/mol. The van der Waals surface area contributed by atoms with E-state index in [0.29, 0.717) is 5.56 Å². The molecule has 106 valence electrons. The average molecular weight is 322 g/mol. The molecule has 0 aliphatic rings. The number of nitrogens with one attached hydrogen (secondary N) is 1. The first-order valence-electron chi connectivity index (χ1n) is 4.92. The van der Waals surface area contributed by atoms with Gasteiger partial charge in [0, 0.05) is 21.7 Å². The lowest BCUT2D eigenvalue weighted by Gasteiger charge is -2.04. The summed E-state index contributed by atoms with van der Waals surface area (Å²) in [5.41, 5.74) is 0.506. The first-order valence-corrected chi connectivity index (χ1v) is 6.75. The zero-order chi connectivity index (χ0) is 14.9. The monoisotopic (exact) mass is 322 g/mol. The van der Waals surface area contributed by atoms with Gasteiger partial charge in [0.25, 0.3) is 0 Å². The molecule has 2 aromatic rings. The van der Waals surface area contributed by atoms with E-state index in [1.807, 2.05) is 0 Å². The summed E-state index contributed by atoms with van der Waals surface area (Å²) in [6.07, 6.45) is -5.00. The van der Waals surface area contributed by atoms with Crippen molar-refractivity contribution in [1.82, 2.24) is 4.98 Å². The minimum Gasteiger partial charge on any atom is -0.478 e. The number of anilines is 1. The zero-order valence-corrected chi connectivity index (χ0v) is 11.0. The van der Waals surface area contributed by atoms with Crippen LogP contribution in [0, 0.1) is 0 Å². The number of carboxylic acid groups (broad SMARTS) is 1. The van der Waals surface area contributed by atoms with Crippen molar-refractivity contribution in [2.75, 3.05) is 5.32 Å². The largest absolute Gasteiger partial charge is 0.478 e. The molecule has 0 spiro atoms. The predicted molar refractivity (Wildman–Crippen MR) is 67.1 cm³/mol. The number of alkyl halides is 3. The maximum absolute atomic E-state index is 12.1. The summed E-state index contributed by atoms with van der Waals surface area (Å²) in [6, 6.07) is 0. The number of hydrogen-bond donors (Lipinski definition) is 2. The van der Waals surface area contributed by atoms with Crippen molar-refractivity contribution in [1.29, 1.82) is 0 Å². The summed E-state index contributed by atoms with van der Waals surface area (Å²) < 4.78 is 36.2. The second-order valence-electron chi connectivity index (χ2n) is 3.49. The fourth-order valence-corrected chi connectivity index (χ4v) is 2.81. The zero-order valence-electron chi connectivity index (χ0n) is 9.39. The van der Waals surface area contributed by atoms with Gasteiger partial charge in [0.2, 0.25) is 0 Å². The second-order valence-corrected chi connectivity index (χ2v) is 5.10. The number of carbonyl (C=O) groups excluding carboxylic acids is 1. The number of carbonyl (C=O) groups is 2. The van der Waals surface area contributed by atoms with Crippen LogP contribution in [-0.4, -0.2) is 28.1 Å². The summed E-state index contributed by atoms with van der Waals surface area (Å²) >= 11 is 1.91. The molecule has 0 aliphatic carbocycles. The molecule has 5 nitrogen and oxygen atoms in total. The Hall–Kier alpha value is -1.94. The number of amides is 1. The van der Waals surface area contributed by atoms with E-state index < -0.39 is 18.1 Å². The van der Waals surface area contributed by atoms with Crippen LogP contribution in [0.5, 0.6) is 0 Å². The van der Waals surface area contributed by atoms with Crippen molar-refractivity contribution in [2.45, 2.75) is 6.18 Å². The number of thiophene rings is 1. The van der Waals surface area contributed by atoms with Crippen LogP contribution in [0.2, 0.25) is 0 Å². The number of nitrogens with zero attached hydrogens (tertiary/aromatic N) is 1. The highest BCUT2D eigenvalue weighted by molar-refractivity contribution is 7.14. The maximum Gasteiger partial charge on any atom is 0.471 e. The smallest absolute Gasteiger partial charge is 0.471 e. The first kappa shape index (κ1) is 14.5. The van der Waals surface area contributed by atoms with Gasteiger partial charge in [-0.1, -0.05) is 0 Å². The molecule has 2 rings (SSSR count). The number of rotatable bonds is 3. The van der Waals surface area contributed by atoms with E-state index >= 15 is 0 Å². The fourth-order valence-electron chi connectivity index (χ4n) is 1.28. The Labute approximate surface area is 117 Å². The molecule has 0 aliphatic heterocycles. The molecule has 0 saturated carbocycles. The van der Waals surface area contributed by atoms with E-state index in [0.717, 1.165) is 22.7 Å². The van der Waals surface area contributed by atoms with Gasteiger partial charge < -0.3 is 5.11 Å². The van der Waals surface area contributed by atoms with E-state index in [1.165, 1.54) is 16.1 Å². The van der Waals surface area contributed by atoms with Gasteiger partial charge in [-0.2, -0.15) is 24.5 Å². The lowest BCUT2D eigenvalue weighted by molar-refractivity contribution is -0.167. The van der Waals surface area contributed by atoms with Crippen LogP contribution in [0.3, 0.4) is 0 Å². The van der Waals surface area contributed by atoms with Crippen molar-refractivity contribution in [3.05, 3.63) is 21.7 Å². The third-order valence-corrected chi connectivity index (χ3v) is 3.65. The molecule has 0 unspecified atom stereocenters. The molecule has 2 aromatic heterocycles. The molecule has 0 radical (unpaired) electrons. The van der Waals surface area contributed by atoms with Gasteiger partial charge >= 0.3 is 18.1 Å². The van der Waals surface area contributed by atoms with Crippen molar-refractivity contribution in [3.8, 4) is 11.3 Å². The normalized spacial score (nSPS) is 11.3. The van der Waals surface area contributed by atoms with Crippen LogP contribution in [0.4, 0.5) is 18.3 Å². The highest BCUT2D eigenvalue weighted by atomic mass is 32.1. The average Bonchev–Trinajstić information content (AvgIpc) is 2.94. The van der Waals surface area contributed by atoms with Gasteiger partial charge in [-0.3, -0.25) is 10.1 Å². The van der Waals surface area contributed by atoms with Crippen molar-refractivity contribution < 1.29 is 27.9 Å². The number of aromatic carboxylic acids is 1. The highest BCUT2D eigenvalue weighted by Gasteiger charge is 2.39. The van der Waals surface area contributed by atoms with Crippen LogP contribution in [-0.2, 0) is 4.79 Å². The summed E-state index contributed by atoms with van der Waals surface area (Å²) in [5, 5.41) is 14.6. The van der Waals surface area contributed by atoms with Crippen LogP contribution >= 0.6 is 22.7 Å². The van der Waals surface area contributed by atoms with E-state index in [9.17, 15) is 22.8 Å². The summed E-state index contributed by atoms with van der Waals surface area (Å²) in [5.74, 6) is -3.28. The molecule has 2 N–H and O–H groups in total. The predicted octanol–water partition coefficient (Wildman–Crippen LogP) is 3.07. The van der Waals surface area contributed by atoms with E-state index in [2.05, 4.69) is 4.98 Å². The van der Waals surface area contributed by atoms with Gasteiger partial charge in [-0.05, 0) is 0 Å². The lowest BCUT2D eigenvalue weighted by Crippen LogP contribution is -2.29. The maximum atomic E-state index is 12.1. The molecule has 0 fully saturated rings. The third-order valence-electron chi connectivity index (χ3n) is 2.15. The van der Waals surface area contributed by atoms with Crippen molar-refractivity contribution >= 4 is 39.7 Å². The minimum absolute atomic E-state index is 0.00833. The van der Waals surface area contributed by atoms with Crippen LogP contribution in [0.1, 0.15) is 10.4 Å². The summed E-state index contributed by atoms with van der Waals surface area (Å²) in [4.78, 5) is 25.5. The Morgan fingerprint density at radius 2 is 1.95 bits per heavy atom. The standard InChI is InChI=1S/C10H5F3N2O3S2/c11-10(12,13)8(18)15-9-14-6(3-20-9)4-1-19-2-5(4)7(16)17/h1-3H,(H,16,17)(H,14,15,18). The molecule has 0 aromatic carbocycles. The topological polar surface area (TPSA) is 79.3 Å². The lowest BCUT2D eigenvalue weighted by atomic mass is 10.1. The molecule has 10 heteroatoms. The number of hydrogen-bond acceptors (Lipinski definition) is 5. The Balaban J connectivity index is 2.23. The molecule has 1 amide bonds. The van der Waals surface area contributed by atoms with E-state index in [-0.39, 0.29) is 16.4 Å². The van der Waals surface area contributed by atoms with Gasteiger partial charge in [-0.15, -0.1) is 11.3 Å². The second kappa shape index (κ2) is 5.21. The van der Waals surface area contributed by atoms with Gasteiger partial charge in [0.15, 0.2) is 5.13 Å². The Morgan fingerprint density at radius 3 is 2.55 bits per heavy atom. The van der Waals surface area contributed by atoms with Crippen molar-refractivity contribution in [3.63, 3.8) is 0 Å². The highest BCUT2D eigenvalue weighted by Crippen LogP contribution is 2.31. The Bertz CT molecular complexity index is 663. The molecule has 2 heterocycles. The molecule has 0 atom stereocenters. The number of halogens is 3. The van der Waals surface area contributed by atoms with Crippen LogP contribution < -0.4 is 5.32 Å². The summed E-state index contributed by atoms with van der Waals surface area (Å²) in [7, 11) is 0. The fraction of sp³-hybridized carbons (Fsp3) is 0.100. The quantitative estimate of drug-likeness (QED) is 0.910. The van der Waals surface area contributed by atoms with Gasteiger partial charge in [-0.25, -0.2) is 9.78 Å². The van der Waals surface area contributed by atoms with Crippen LogP contribution in [0.15, 0.2) is 16.1 Å². The van der Waals surface area contributed by atoms with Gasteiger partial charge in [0.1, 0.15) is 0 Å². The summed E-state index contributed by atoms with van der Waals surface area (Å²) in [6.45, 7) is 0. The molecule has 0 bridgehead atoms. The molecule has 20 heavy (non-hydrogen) atoms. The number of carboxylic acids is 1. The SMILES string of the molecule is O=C(O)c1cscc1-c1csc(NC(=O)C(F)(F)F)n1. The molecular formula is C10H5F3N2O3S2.